The molecule has 0 bridgehead atoms. The van der Waals surface area contributed by atoms with Crippen molar-refractivity contribution in [2.75, 3.05) is 13.1 Å². The third-order valence-corrected chi connectivity index (χ3v) is 5.14. The van der Waals surface area contributed by atoms with Crippen molar-refractivity contribution >= 4 is 0 Å². The summed E-state index contributed by atoms with van der Waals surface area (Å²) in [5.41, 5.74) is 2.97. The largest absolute Gasteiger partial charge is 0.387 e. The second-order valence-corrected chi connectivity index (χ2v) is 7.10. The Morgan fingerprint density at radius 2 is 1.75 bits per heavy atom. The Labute approximate surface area is 122 Å². The van der Waals surface area contributed by atoms with Crippen LogP contribution in [0.2, 0.25) is 0 Å². The van der Waals surface area contributed by atoms with E-state index in [0.29, 0.717) is 17.9 Å². The van der Waals surface area contributed by atoms with Crippen molar-refractivity contribution in [1.82, 2.24) is 5.32 Å². The van der Waals surface area contributed by atoms with Crippen LogP contribution in [0.5, 0.6) is 0 Å². The second-order valence-electron chi connectivity index (χ2n) is 7.10. The molecule has 1 atom stereocenters. The lowest BCUT2D eigenvalue weighted by Gasteiger charge is -2.18. The van der Waals surface area contributed by atoms with Crippen LogP contribution in [0.1, 0.15) is 62.7 Å². The zero-order valence-corrected chi connectivity index (χ0v) is 12.7. The van der Waals surface area contributed by atoms with E-state index in [-0.39, 0.29) is 6.10 Å². The molecular weight excluding hydrogens is 246 g/mol. The van der Waals surface area contributed by atoms with Gasteiger partial charge in [0.15, 0.2) is 0 Å². The minimum atomic E-state index is -0.383. The molecule has 0 aromatic heterocycles. The van der Waals surface area contributed by atoms with Crippen LogP contribution in [0.15, 0.2) is 24.3 Å². The van der Waals surface area contributed by atoms with Gasteiger partial charge in [0.05, 0.1) is 6.10 Å². The van der Waals surface area contributed by atoms with Crippen molar-refractivity contribution in [2.45, 2.75) is 51.6 Å². The molecule has 1 aromatic carbocycles. The molecule has 1 aromatic rings. The topological polar surface area (TPSA) is 32.3 Å². The van der Waals surface area contributed by atoms with E-state index in [2.05, 4.69) is 43.4 Å². The molecule has 3 rings (SSSR count). The first-order chi connectivity index (χ1) is 9.61. The van der Waals surface area contributed by atoms with Gasteiger partial charge in [-0.15, -0.1) is 0 Å². The average Bonchev–Trinajstić information content (AvgIpc) is 3.31. The maximum atomic E-state index is 10.3. The van der Waals surface area contributed by atoms with E-state index >= 15 is 0 Å². The number of rotatable bonds is 7. The van der Waals surface area contributed by atoms with Crippen LogP contribution in [0.4, 0.5) is 0 Å². The Bertz CT molecular complexity index is 443. The molecule has 0 radical (unpaired) electrons. The summed E-state index contributed by atoms with van der Waals surface area (Å²) in [5, 5.41) is 13.8. The van der Waals surface area contributed by atoms with Gasteiger partial charge in [-0.25, -0.2) is 0 Å². The molecular formula is C18H27NO. The van der Waals surface area contributed by atoms with Gasteiger partial charge in [-0.1, -0.05) is 38.1 Å². The van der Waals surface area contributed by atoms with Gasteiger partial charge in [0.25, 0.3) is 0 Å². The fourth-order valence-electron chi connectivity index (χ4n) is 3.26. The van der Waals surface area contributed by atoms with E-state index in [1.54, 1.807) is 0 Å². The molecule has 2 heteroatoms. The molecule has 0 heterocycles. The third kappa shape index (κ3) is 3.07. The second kappa shape index (κ2) is 5.50. The van der Waals surface area contributed by atoms with Gasteiger partial charge < -0.3 is 10.4 Å². The van der Waals surface area contributed by atoms with Gasteiger partial charge >= 0.3 is 0 Å². The molecule has 0 amide bonds. The summed E-state index contributed by atoms with van der Waals surface area (Å²) in [6.07, 6.45) is 5.27. The van der Waals surface area contributed by atoms with Crippen LogP contribution in [0.3, 0.4) is 0 Å². The van der Waals surface area contributed by atoms with Crippen LogP contribution in [0, 0.1) is 11.3 Å². The number of hydrogen-bond donors (Lipinski definition) is 2. The quantitative estimate of drug-likeness (QED) is 0.795. The predicted octanol–water partition coefficient (Wildman–Crippen LogP) is 3.62. The standard InChI is InChI=1S/C18H27NO/c1-13(2)14-3-5-15(6-4-14)17(20)11-19-12-18(9-10-18)16-7-8-16/h3-6,13,16-17,19-20H,7-12H2,1-2H3. The number of aliphatic hydroxyl groups is 1. The summed E-state index contributed by atoms with van der Waals surface area (Å²) in [7, 11) is 0. The Balaban J connectivity index is 1.47. The molecule has 2 aliphatic carbocycles. The van der Waals surface area contributed by atoms with E-state index in [0.717, 1.165) is 18.0 Å². The average molecular weight is 273 g/mol. The summed E-state index contributed by atoms with van der Waals surface area (Å²) in [5.74, 6) is 1.53. The van der Waals surface area contributed by atoms with Crippen molar-refractivity contribution in [3.63, 3.8) is 0 Å². The number of hydrogen-bond acceptors (Lipinski definition) is 2. The Morgan fingerprint density at radius 3 is 2.25 bits per heavy atom. The first-order valence-electron chi connectivity index (χ1n) is 8.09. The van der Waals surface area contributed by atoms with Crippen molar-refractivity contribution in [3.8, 4) is 0 Å². The first kappa shape index (κ1) is 14.1. The highest BCUT2D eigenvalue weighted by Gasteiger charge is 2.53. The molecule has 2 N–H and O–H groups in total. The van der Waals surface area contributed by atoms with E-state index in [4.69, 9.17) is 0 Å². The third-order valence-electron chi connectivity index (χ3n) is 5.14. The highest BCUT2D eigenvalue weighted by atomic mass is 16.3. The van der Waals surface area contributed by atoms with Crippen molar-refractivity contribution in [1.29, 1.82) is 0 Å². The van der Waals surface area contributed by atoms with Crippen molar-refractivity contribution in [2.24, 2.45) is 11.3 Å². The van der Waals surface area contributed by atoms with Crippen molar-refractivity contribution < 1.29 is 5.11 Å². The van der Waals surface area contributed by atoms with E-state index in [9.17, 15) is 5.11 Å². The Kier molecular flexibility index (Phi) is 3.87. The molecule has 1 unspecified atom stereocenters. The van der Waals surface area contributed by atoms with Crippen molar-refractivity contribution in [3.05, 3.63) is 35.4 Å². The van der Waals surface area contributed by atoms with E-state index < -0.39 is 0 Å². The molecule has 20 heavy (non-hydrogen) atoms. The fourth-order valence-corrected chi connectivity index (χ4v) is 3.26. The maximum Gasteiger partial charge on any atom is 0.0914 e. The lowest BCUT2D eigenvalue weighted by molar-refractivity contribution is 0.171. The summed E-state index contributed by atoms with van der Waals surface area (Å²) in [4.78, 5) is 0. The van der Waals surface area contributed by atoms with Crippen LogP contribution >= 0.6 is 0 Å². The molecule has 0 saturated heterocycles. The fraction of sp³-hybridized carbons (Fsp3) is 0.667. The number of aliphatic hydroxyl groups excluding tert-OH is 1. The highest BCUT2D eigenvalue weighted by Crippen LogP contribution is 2.60. The molecule has 2 saturated carbocycles. The van der Waals surface area contributed by atoms with Gasteiger partial charge in [-0.05, 0) is 54.1 Å². The molecule has 110 valence electrons. The smallest absolute Gasteiger partial charge is 0.0914 e. The number of benzene rings is 1. The van der Waals surface area contributed by atoms with Crippen LogP contribution in [-0.2, 0) is 0 Å². The molecule has 2 fully saturated rings. The molecule has 0 aliphatic heterocycles. The van der Waals surface area contributed by atoms with Gasteiger partial charge in [-0.3, -0.25) is 0 Å². The normalized spacial score (nSPS) is 22.0. The molecule has 2 nitrogen and oxygen atoms in total. The van der Waals surface area contributed by atoms with Gasteiger partial charge in [0.1, 0.15) is 0 Å². The van der Waals surface area contributed by atoms with Crippen LogP contribution in [-0.4, -0.2) is 18.2 Å². The predicted molar refractivity (Wildman–Crippen MR) is 82.8 cm³/mol. The zero-order valence-electron chi connectivity index (χ0n) is 12.7. The summed E-state index contributed by atoms with van der Waals surface area (Å²) < 4.78 is 0. The monoisotopic (exact) mass is 273 g/mol. The van der Waals surface area contributed by atoms with Gasteiger partial charge in [-0.2, -0.15) is 0 Å². The maximum absolute atomic E-state index is 10.3. The van der Waals surface area contributed by atoms with Gasteiger partial charge in [0, 0.05) is 13.1 Å². The zero-order chi connectivity index (χ0) is 14.2. The number of nitrogens with one attached hydrogen (secondary N) is 1. The lowest BCUT2D eigenvalue weighted by Crippen LogP contribution is -2.29. The summed E-state index contributed by atoms with van der Waals surface area (Å²) in [6, 6.07) is 8.40. The Morgan fingerprint density at radius 1 is 1.15 bits per heavy atom. The summed E-state index contributed by atoms with van der Waals surface area (Å²) >= 11 is 0. The van der Waals surface area contributed by atoms with E-state index in [1.165, 1.54) is 31.2 Å². The van der Waals surface area contributed by atoms with Crippen LogP contribution in [0.25, 0.3) is 0 Å². The summed E-state index contributed by atoms with van der Waals surface area (Å²) in [6.45, 7) is 6.16. The SMILES string of the molecule is CC(C)c1ccc(C(O)CNCC2(C3CC3)CC2)cc1. The van der Waals surface area contributed by atoms with E-state index in [1.807, 2.05) is 0 Å². The lowest BCUT2D eigenvalue weighted by atomic mass is 9.99. The van der Waals surface area contributed by atoms with Crippen LogP contribution < -0.4 is 5.32 Å². The minimum Gasteiger partial charge on any atom is -0.387 e. The first-order valence-corrected chi connectivity index (χ1v) is 8.09. The molecule has 2 aliphatic rings. The Hall–Kier alpha value is -0.860. The minimum absolute atomic E-state index is 0.383. The molecule has 0 spiro atoms. The van der Waals surface area contributed by atoms with Gasteiger partial charge in [0.2, 0.25) is 0 Å². The highest BCUT2D eigenvalue weighted by molar-refractivity contribution is 5.26.